The third kappa shape index (κ3) is 5.05. The molecular weight excluding hydrogens is 344 g/mol. The molecule has 0 aromatic carbocycles. The third-order valence-electron chi connectivity index (χ3n) is 5.33. The number of carboxylic acid groups (broad SMARTS) is 1. The fourth-order valence-corrected chi connectivity index (χ4v) is 3.51. The van der Waals surface area contributed by atoms with Crippen molar-refractivity contribution in [2.24, 2.45) is 5.92 Å². The fraction of sp³-hybridized carbons (Fsp3) is 0.600. The lowest BCUT2D eigenvalue weighted by atomic mass is 9.97. The van der Waals surface area contributed by atoms with Gasteiger partial charge in [0.25, 0.3) is 5.82 Å². The summed E-state index contributed by atoms with van der Waals surface area (Å²) in [5.41, 5.74) is 2.16. The van der Waals surface area contributed by atoms with Crippen LogP contribution in [0.2, 0.25) is 0 Å². The van der Waals surface area contributed by atoms with E-state index < -0.39 is 12.0 Å². The Bertz CT molecular complexity index is 787. The number of nitrogens with zero attached hydrogens (tertiary/aromatic N) is 3. The lowest BCUT2D eigenvalue weighted by Gasteiger charge is -2.29. The van der Waals surface area contributed by atoms with E-state index in [1.165, 1.54) is 4.90 Å². The van der Waals surface area contributed by atoms with Gasteiger partial charge in [0.1, 0.15) is 6.04 Å². The van der Waals surface area contributed by atoms with E-state index in [1.54, 1.807) is 13.2 Å². The van der Waals surface area contributed by atoms with Gasteiger partial charge in [-0.3, -0.25) is 9.78 Å². The van der Waals surface area contributed by atoms with Crippen molar-refractivity contribution in [3.63, 3.8) is 0 Å². The molecule has 0 radical (unpaired) electrons. The normalized spacial score (nSPS) is 13.5. The molecule has 0 spiro atoms. The number of carboxylic acids is 1. The second-order valence-corrected chi connectivity index (χ2v) is 7.24. The van der Waals surface area contributed by atoms with E-state index in [4.69, 9.17) is 0 Å². The number of aromatic amines is 1. The van der Waals surface area contributed by atoms with Crippen molar-refractivity contribution >= 4 is 22.9 Å². The van der Waals surface area contributed by atoms with Crippen molar-refractivity contribution in [1.29, 1.82) is 0 Å². The number of amides is 1. The van der Waals surface area contributed by atoms with Crippen molar-refractivity contribution in [2.75, 3.05) is 7.05 Å². The van der Waals surface area contributed by atoms with E-state index >= 15 is 0 Å². The van der Waals surface area contributed by atoms with Crippen molar-refractivity contribution in [2.45, 2.75) is 65.5 Å². The number of fused-ring (bicyclic) bond motifs is 1. The molecule has 0 fully saturated rings. The quantitative estimate of drug-likeness (QED) is 0.493. The topological polar surface area (TPSA) is 90.2 Å². The van der Waals surface area contributed by atoms with E-state index in [-0.39, 0.29) is 11.8 Å². The van der Waals surface area contributed by atoms with Gasteiger partial charge < -0.3 is 10.0 Å². The molecule has 7 nitrogen and oxygen atoms in total. The molecule has 2 atom stereocenters. The minimum absolute atomic E-state index is 0.0636. The van der Waals surface area contributed by atoms with Crippen molar-refractivity contribution < 1.29 is 19.3 Å². The maximum atomic E-state index is 12.4. The van der Waals surface area contributed by atoms with Gasteiger partial charge >= 0.3 is 5.97 Å². The average molecular weight is 375 g/mol. The van der Waals surface area contributed by atoms with Crippen LogP contribution in [0.3, 0.4) is 0 Å². The highest BCUT2D eigenvalue weighted by molar-refractivity contribution is 5.83. The molecule has 0 aliphatic heterocycles. The number of likely N-dealkylation sites (N-methyl/N-ethyl adjacent to an activating group) is 1. The van der Waals surface area contributed by atoms with E-state index in [0.717, 1.165) is 49.1 Å². The highest BCUT2D eigenvalue weighted by Crippen LogP contribution is 2.16. The van der Waals surface area contributed by atoms with Crippen molar-refractivity contribution in [3.8, 4) is 0 Å². The first-order chi connectivity index (χ1) is 12.9. The zero-order chi connectivity index (χ0) is 20.0. The van der Waals surface area contributed by atoms with Crippen LogP contribution < -0.4 is 4.57 Å². The van der Waals surface area contributed by atoms with Crippen LogP contribution in [0.5, 0.6) is 0 Å². The first-order valence-corrected chi connectivity index (χ1v) is 9.67. The minimum Gasteiger partial charge on any atom is -0.480 e. The summed E-state index contributed by atoms with van der Waals surface area (Å²) in [6.07, 6.45) is 7.38. The van der Waals surface area contributed by atoms with Crippen LogP contribution in [0, 0.1) is 12.8 Å². The summed E-state index contributed by atoms with van der Waals surface area (Å²) in [4.78, 5) is 32.8. The zero-order valence-electron chi connectivity index (χ0n) is 16.7. The molecule has 2 N–H and O–H groups in total. The molecule has 0 saturated heterocycles. The number of aliphatic carboxylic acids is 1. The summed E-state index contributed by atoms with van der Waals surface area (Å²) >= 11 is 0. The summed E-state index contributed by atoms with van der Waals surface area (Å²) in [5, 5.41) is 9.42. The van der Waals surface area contributed by atoms with Crippen LogP contribution in [0.15, 0.2) is 18.5 Å². The lowest BCUT2D eigenvalue weighted by molar-refractivity contribution is -0.677. The van der Waals surface area contributed by atoms with E-state index in [0.29, 0.717) is 6.42 Å². The second-order valence-electron chi connectivity index (χ2n) is 7.24. The molecule has 7 heteroatoms. The molecule has 148 valence electrons. The number of aryl methyl sites for hydroxylation is 2. The summed E-state index contributed by atoms with van der Waals surface area (Å²) in [7, 11) is 1.60. The Hall–Kier alpha value is -2.44. The number of unbranched alkanes of at least 4 members (excludes halogenated alkanes) is 2. The highest BCUT2D eigenvalue weighted by Gasteiger charge is 2.30. The number of carbonyl (C=O) groups excluding carboxylic acids is 1. The van der Waals surface area contributed by atoms with Crippen LogP contribution in [0.4, 0.5) is 0 Å². The highest BCUT2D eigenvalue weighted by atomic mass is 16.4. The molecule has 0 aliphatic rings. The number of imidazole rings is 1. The standard InChI is InChI=1S/C20H30N4O3/c1-5-14(2)19(20(26)27)23(4)18(25)9-7-6-8-12-24-15(3)22-16-10-11-21-13-17(16)24/h10-11,13-14,19H,5-9,12H2,1-4H3,(H,26,27)/p+1/t14-,19-/m0/s1. The SMILES string of the molecule is CC[C@H](C)[C@@H](C(=O)O)N(C)C(=O)CCCCC[n+]1c(C)[nH]c2ccncc21. The summed E-state index contributed by atoms with van der Waals surface area (Å²) in [6, 6.07) is 1.21. The Balaban J connectivity index is 1.81. The summed E-state index contributed by atoms with van der Waals surface area (Å²) in [5.74, 6) is 0.000757. The zero-order valence-corrected chi connectivity index (χ0v) is 16.7. The number of pyridine rings is 1. The Morgan fingerprint density at radius 3 is 2.74 bits per heavy atom. The molecule has 2 aromatic rings. The van der Waals surface area contributed by atoms with Crippen LogP contribution >= 0.6 is 0 Å². The van der Waals surface area contributed by atoms with Gasteiger partial charge in [0.15, 0.2) is 11.0 Å². The van der Waals surface area contributed by atoms with E-state index in [1.807, 2.05) is 33.0 Å². The van der Waals surface area contributed by atoms with Gasteiger partial charge in [0.05, 0.1) is 12.7 Å². The van der Waals surface area contributed by atoms with Gasteiger partial charge in [0.2, 0.25) is 5.91 Å². The van der Waals surface area contributed by atoms with Gasteiger partial charge in [-0.1, -0.05) is 20.3 Å². The van der Waals surface area contributed by atoms with Crippen molar-refractivity contribution in [1.82, 2.24) is 14.9 Å². The van der Waals surface area contributed by atoms with Gasteiger partial charge in [-0.15, -0.1) is 0 Å². The van der Waals surface area contributed by atoms with Crippen LogP contribution in [-0.2, 0) is 16.1 Å². The number of aromatic nitrogens is 3. The van der Waals surface area contributed by atoms with Gasteiger partial charge in [-0.05, 0) is 25.2 Å². The second kappa shape index (κ2) is 9.48. The van der Waals surface area contributed by atoms with Gasteiger partial charge in [-0.25, -0.2) is 14.3 Å². The number of H-pyrrole nitrogens is 1. The molecule has 2 heterocycles. The maximum absolute atomic E-state index is 12.4. The molecule has 0 unspecified atom stereocenters. The smallest absolute Gasteiger partial charge is 0.326 e. The van der Waals surface area contributed by atoms with Crippen LogP contribution in [0.1, 0.15) is 51.8 Å². The number of rotatable bonds is 10. The first kappa shape index (κ1) is 20.9. The molecule has 0 bridgehead atoms. The molecular formula is C20H31N4O3+. The fourth-order valence-electron chi connectivity index (χ4n) is 3.51. The van der Waals surface area contributed by atoms with Gasteiger partial charge in [0, 0.05) is 32.7 Å². The monoisotopic (exact) mass is 375 g/mol. The lowest BCUT2D eigenvalue weighted by Crippen LogP contribution is -2.46. The van der Waals surface area contributed by atoms with Crippen LogP contribution in [0.25, 0.3) is 11.0 Å². The summed E-state index contributed by atoms with van der Waals surface area (Å²) < 4.78 is 2.21. The van der Waals surface area contributed by atoms with Gasteiger partial charge in [-0.2, -0.15) is 0 Å². The Morgan fingerprint density at radius 1 is 1.33 bits per heavy atom. The van der Waals surface area contributed by atoms with Crippen LogP contribution in [-0.4, -0.2) is 44.9 Å². The van der Waals surface area contributed by atoms with E-state index in [9.17, 15) is 14.7 Å². The number of carbonyl (C=O) groups is 2. The Morgan fingerprint density at radius 2 is 2.07 bits per heavy atom. The summed E-state index contributed by atoms with van der Waals surface area (Å²) in [6.45, 7) is 6.72. The maximum Gasteiger partial charge on any atom is 0.326 e. The third-order valence-corrected chi connectivity index (χ3v) is 5.33. The van der Waals surface area contributed by atoms with E-state index in [2.05, 4.69) is 14.5 Å². The number of nitrogens with one attached hydrogen (secondary N) is 1. The van der Waals surface area contributed by atoms with Crippen molar-refractivity contribution in [3.05, 3.63) is 24.3 Å². The molecule has 0 aliphatic carbocycles. The number of hydrogen-bond donors (Lipinski definition) is 2. The molecule has 0 saturated carbocycles. The number of hydrogen-bond acceptors (Lipinski definition) is 3. The molecule has 2 rings (SSSR count). The molecule has 27 heavy (non-hydrogen) atoms. The predicted molar refractivity (Wildman–Crippen MR) is 103 cm³/mol. The molecule has 2 aromatic heterocycles. The Labute approximate surface area is 160 Å². The first-order valence-electron chi connectivity index (χ1n) is 9.67. The Kier molecular flexibility index (Phi) is 7.33. The largest absolute Gasteiger partial charge is 0.480 e. The average Bonchev–Trinajstić information content (AvgIpc) is 2.96. The minimum atomic E-state index is -0.931. The predicted octanol–water partition coefficient (Wildman–Crippen LogP) is 2.68. The molecule has 1 amide bonds.